The first-order valence-corrected chi connectivity index (χ1v) is 9.87. The van der Waals surface area contributed by atoms with Crippen LogP contribution in [0.15, 0.2) is 57.2 Å². The largest absolute Gasteiger partial charge is 0.493 e. The van der Waals surface area contributed by atoms with Gasteiger partial charge in [-0.1, -0.05) is 23.7 Å². The molecule has 1 amide bonds. The lowest BCUT2D eigenvalue weighted by Gasteiger charge is -2.11. The number of aromatic amines is 2. The molecule has 166 valence electrons. The van der Waals surface area contributed by atoms with Crippen LogP contribution in [0.25, 0.3) is 0 Å². The Bertz CT molecular complexity index is 1220. The number of nitrogens with zero attached hydrogens (tertiary/aromatic N) is 2. The van der Waals surface area contributed by atoms with E-state index in [1.54, 1.807) is 30.3 Å². The first-order chi connectivity index (χ1) is 15.4. The molecular weight excluding hydrogens is 438 g/mol. The van der Waals surface area contributed by atoms with Crippen molar-refractivity contribution in [1.29, 1.82) is 0 Å². The molecule has 0 radical (unpaired) electrons. The van der Waals surface area contributed by atoms with Gasteiger partial charge >= 0.3 is 5.69 Å². The van der Waals surface area contributed by atoms with Gasteiger partial charge in [0.25, 0.3) is 5.56 Å². The number of aromatic nitrogens is 3. The summed E-state index contributed by atoms with van der Waals surface area (Å²) in [5.74, 6) is 0.656. The second-order valence-electron chi connectivity index (χ2n) is 6.57. The summed E-state index contributed by atoms with van der Waals surface area (Å²) in [6.45, 7) is 0.351. The van der Waals surface area contributed by atoms with E-state index in [2.05, 4.69) is 20.7 Å². The number of benzene rings is 2. The number of ether oxygens (including phenoxy) is 2. The van der Waals surface area contributed by atoms with Crippen molar-refractivity contribution in [2.45, 2.75) is 19.4 Å². The average Bonchev–Trinajstić information content (AvgIpc) is 2.78. The SMILES string of the molecule is COc1cc(C=NNC(=O)CCc2n[nH]c(=O)[nH]c2=O)ccc1OCc1ccc(Cl)cc1. The van der Waals surface area contributed by atoms with Crippen LogP contribution in [0.3, 0.4) is 0 Å². The Morgan fingerprint density at radius 2 is 1.97 bits per heavy atom. The Labute approximate surface area is 187 Å². The number of H-pyrrole nitrogens is 2. The van der Waals surface area contributed by atoms with E-state index in [1.807, 2.05) is 17.1 Å². The Balaban J connectivity index is 1.53. The predicted molar refractivity (Wildman–Crippen MR) is 118 cm³/mol. The molecule has 0 spiro atoms. The van der Waals surface area contributed by atoms with E-state index in [9.17, 15) is 14.4 Å². The number of halogens is 1. The maximum Gasteiger partial charge on any atom is 0.342 e. The van der Waals surface area contributed by atoms with E-state index in [0.717, 1.165) is 5.56 Å². The molecule has 0 unspecified atom stereocenters. The maximum absolute atomic E-state index is 11.9. The molecule has 0 aliphatic carbocycles. The number of carbonyl (C=O) groups is 1. The van der Waals surface area contributed by atoms with Crippen LogP contribution in [0.2, 0.25) is 5.02 Å². The van der Waals surface area contributed by atoms with Gasteiger partial charge in [-0.25, -0.2) is 15.3 Å². The Kier molecular flexibility index (Phi) is 7.76. The van der Waals surface area contributed by atoms with Gasteiger partial charge in [0.2, 0.25) is 5.91 Å². The van der Waals surface area contributed by atoms with Crippen molar-refractivity contribution < 1.29 is 14.3 Å². The van der Waals surface area contributed by atoms with E-state index >= 15 is 0 Å². The van der Waals surface area contributed by atoms with Gasteiger partial charge in [-0.3, -0.25) is 14.6 Å². The predicted octanol–water partition coefficient (Wildman–Crippen LogP) is 1.78. The average molecular weight is 458 g/mol. The molecule has 0 bridgehead atoms. The molecule has 3 aromatic rings. The molecule has 3 N–H and O–H groups in total. The third kappa shape index (κ3) is 6.54. The van der Waals surface area contributed by atoms with Crippen LogP contribution >= 0.6 is 11.6 Å². The van der Waals surface area contributed by atoms with Crippen LogP contribution in [0.5, 0.6) is 11.5 Å². The monoisotopic (exact) mass is 457 g/mol. The van der Waals surface area contributed by atoms with Gasteiger partial charge in [-0.05, 0) is 41.5 Å². The minimum atomic E-state index is -0.704. The summed E-state index contributed by atoms with van der Waals surface area (Å²) in [5.41, 5.74) is 2.74. The topological polar surface area (TPSA) is 139 Å². The molecule has 0 atom stereocenters. The van der Waals surface area contributed by atoms with Gasteiger partial charge in [-0.2, -0.15) is 10.2 Å². The van der Waals surface area contributed by atoms with Crippen molar-refractivity contribution in [2.75, 3.05) is 7.11 Å². The van der Waals surface area contributed by atoms with Gasteiger partial charge in [0.05, 0.1) is 13.3 Å². The molecule has 1 heterocycles. The third-order valence-corrected chi connectivity index (χ3v) is 4.52. The standard InChI is InChI=1S/C21H20ClN5O5/c1-31-18-10-14(4-8-17(18)32-12-13-2-5-15(22)6-3-13)11-23-26-19(28)9-7-16-20(29)24-21(30)27-25-16/h2-6,8,10-11H,7,9,12H2,1H3,(H,26,28)(H2,24,27,29,30). The lowest BCUT2D eigenvalue weighted by molar-refractivity contribution is -0.121. The third-order valence-electron chi connectivity index (χ3n) is 4.27. The van der Waals surface area contributed by atoms with Gasteiger partial charge in [0.1, 0.15) is 12.3 Å². The number of rotatable bonds is 9. The van der Waals surface area contributed by atoms with E-state index < -0.39 is 17.2 Å². The molecule has 1 aromatic heterocycles. The van der Waals surface area contributed by atoms with Gasteiger partial charge in [0, 0.05) is 17.9 Å². The maximum atomic E-state index is 11.9. The number of methoxy groups -OCH3 is 1. The van der Waals surface area contributed by atoms with E-state index in [1.165, 1.54) is 13.3 Å². The minimum absolute atomic E-state index is 0.0275. The molecule has 0 aliphatic rings. The second kappa shape index (κ2) is 10.9. The van der Waals surface area contributed by atoms with Crippen LogP contribution in [0.4, 0.5) is 0 Å². The zero-order valence-corrected chi connectivity index (χ0v) is 17.8. The fraction of sp³-hybridized carbons (Fsp3) is 0.190. The number of aryl methyl sites for hydroxylation is 1. The summed E-state index contributed by atoms with van der Waals surface area (Å²) in [4.78, 5) is 36.5. The molecular formula is C21H20ClN5O5. The summed E-state index contributed by atoms with van der Waals surface area (Å²) in [6.07, 6.45) is 1.48. The zero-order chi connectivity index (χ0) is 22.9. The number of carbonyl (C=O) groups excluding carboxylic acids is 1. The summed E-state index contributed by atoms with van der Waals surface area (Å²) in [7, 11) is 1.53. The van der Waals surface area contributed by atoms with Gasteiger partial charge in [-0.15, -0.1) is 0 Å². The molecule has 10 nitrogen and oxygen atoms in total. The van der Waals surface area contributed by atoms with Crippen molar-refractivity contribution in [3.63, 3.8) is 0 Å². The summed E-state index contributed by atoms with van der Waals surface area (Å²) < 4.78 is 11.2. The van der Waals surface area contributed by atoms with Crippen molar-refractivity contribution in [2.24, 2.45) is 5.10 Å². The molecule has 0 saturated carbocycles. The number of hydrazone groups is 1. The highest BCUT2D eigenvalue weighted by Crippen LogP contribution is 2.28. The molecule has 3 rings (SSSR count). The fourth-order valence-electron chi connectivity index (χ4n) is 2.63. The highest BCUT2D eigenvalue weighted by atomic mass is 35.5. The first kappa shape index (κ1) is 22.8. The lowest BCUT2D eigenvalue weighted by Crippen LogP contribution is -2.28. The van der Waals surface area contributed by atoms with Crippen LogP contribution in [-0.4, -0.2) is 34.4 Å². The molecule has 2 aromatic carbocycles. The molecule has 0 aliphatic heterocycles. The molecule has 11 heteroatoms. The van der Waals surface area contributed by atoms with E-state index in [0.29, 0.717) is 28.7 Å². The molecule has 32 heavy (non-hydrogen) atoms. The van der Waals surface area contributed by atoms with Crippen molar-refractivity contribution >= 4 is 23.7 Å². The number of hydrogen-bond donors (Lipinski definition) is 3. The number of nitrogens with one attached hydrogen (secondary N) is 3. The van der Waals surface area contributed by atoms with Gasteiger partial charge in [0.15, 0.2) is 11.5 Å². The highest BCUT2D eigenvalue weighted by Gasteiger charge is 2.08. The summed E-state index contributed by atoms with van der Waals surface area (Å²) in [6, 6.07) is 12.6. The van der Waals surface area contributed by atoms with Crippen LogP contribution < -0.4 is 26.1 Å². The van der Waals surface area contributed by atoms with Crippen molar-refractivity contribution in [3.05, 3.63) is 85.1 Å². The van der Waals surface area contributed by atoms with Crippen LogP contribution in [0.1, 0.15) is 23.2 Å². The number of hydrogen-bond acceptors (Lipinski definition) is 7. The van der Waals surface area contributed by atoms with E-state index in [4.69, 9.17) is 21.1 Å². The van der Waals surface area contributed by atoms with Gasteiger partial charge < -0.3 is 9.47 Å². The first-order valence-electron chi connectivity index (χ1n) is 9.49. The molecule has 0 saturated heterocycles. The lowest BCUT2D eigenvalue weighted by atomic mass is 10.2. The molecule has 0 fully saturated rings. The minimum Gasteiger partial charge on any atom is -0.493 e. The van der Waals surface area contributed by atoms with Crippen molar-refractivity contribution in [1.82, 2.24) is 20.6 Å². The van der Waals surface area contributed by atoms with Crippen LogP contribution in [-0.2, 0) is 17.8 Å². The highest BCUT2D eigenvalue weighted by molar-refractivity contribution is 6.30. The zero-order valence-electron chi connectivity index (χ0n) is 17.1. The Morgan fingerprint density at radius 3 is 2.69 bits per heavy atom. The smallest absolute Gasteiger partial charge is 0.342 e. The number of amides is 1. The summed E-state index contributed by atoms with van der Waals surface area (Å²) in [5, 5.41) is 10.3. The quantitative estimate of drug-likeness (QED) is 0.330. The normalized spacial score (nSPS) is 10.8. The van der Waals surface area contributed by atoms with Crippen LogP contribution in [0, 0.1) is 0 Å². The van der Waals surface area contributed by atoms with Crippen molar-refractivity contribution in [3.8, 4) is 11.5 Å². The second-order valence-corrected chi connectivity index (χ2v) is 7.01. The van der Waals surface area contributed by atoms with E-state index in [-0.39, 0.29) is 18.5 Å². The Hall–Kier alpha value is -3.92. The summed E-state index contributed by atoms with van der Waals surface area (Å²) >= 11 is 5.88. The fourth-order valence-corrected chi connectivity index (χ4v) is 2.76. The Morgan fingerprint density at radius 1 is 1.19 bits per heavy atom.